The molecule has 3 aromatic rings. The quantitative estimate of drug-likeness (QED) is 0.779. The van der Waals surface area contributed by atoms with Gasteiger partial charge in [-0.05, 0) is 26.0 Å². The lowest BCUT2D eigenvalue weighted by molar-refractivity contribution is 0.171. The van der Waals surface area contributed by atoms with Crippen LogP contribution in [0.4, 0.5) is 10.4 Å². The van der Waals surface area contributed by atoms with Crippen LogP contribution in [0.5, 0.6) is 0 Å². The summed E-state index contributed by atoms with van der Waals surface area (Å²) < 4.78 is 20.5. The van der Waals surface area contributed by atoms with E-state index in [0.29, 0.717) is 12.2 Å². The van der Waals surface area contributed by atoms with Crippen LogP contribution in [0.2, 0.25) is 0 Å². The number of alkyl halides is 1. The predicted molar refractivity (Wildman–Crippen MR) is 77.1 cm³/mol. The average Bonchev–Trinajstić information content (AvgIpc) is 3.15. The van der Waals surface area contributed by atoms with Crippen molar-refractivity contribution in [1.82, 2.24) is 25.2 Å². The maximum absolute atomic E-state index is 13.6. The highest BCUT2D eigenvalue weighted by Crippen LogP contribution is 2.24. The van der Waals surface area contributed by atoms with Gasteiger partial charge in [0.15, 0.2) is 5.67 Å². The van der Waals surface area contributed by atoms with Crippen LogP contribution in [0.1, 0.15) is 25.4 Å². The largest absolute Gasteiger partial charge is 0.405 e. The Hall–Kier alpha value is -2.77. The Bertz CT molecular complexity index is 746. The minimum atomic E-state index is -1.66. The summed E-state index contributed by atoms with van der Waals surface area (Å²) in [6.45, 7) is 3.06. The zero-order chi connectivity index (χ0) is 15.6. The van der Waals surface area contributed by atoms with Crippen molar-refractivity contribution in [3.63, 3.8) is 0 Å². The second-order valence-corrected chi connectivity index (χ2v) is 5.23. The number of aromatic nitrogens is 5. The summed E-state index contributed by atoms with van der Waals surface area (Å²) in [6, 6.07) is 9.79. The van der Waals surface area contributed by atoms with Crippen LogP contribution in [0.25, 0.3) is 5.69 Å². The molecule has 0 atom stereocenters. The Kier molecular flexibility index (Phi) is 3.58. The van der Waals surface area contributed by atoms with Crippen molar-refractivity contribution in [3.8, 4) is 5.69 Å². The molecule has 0 saturated carbocycles. The first-order chi connectivity index (χ1) is 10.5. The van der Waals surface area contributed by atoms with E-state index >= 15 is 0 Å². The minimum absolute atomic E-state index is 0.0667. The molecule has 1 aromatic carbocycles. The maximum Gasteiger partial charge on any atom is 0.315 e. The van der Waals surface area contributed by atoms with Gasteiger partial charge < -0.3 is 9.73 Å². The van der Waals surface area contributed by atoms with Gasteiger partial charge in [-0.2, -0.15) is 0 Å². The molecule has 7 nitrogen and oxygen atoms in total. The van der Waals surface area contributed by atoms with E-state index in [4.69, 9.17) is 4.42 Å². The highest BCUT2D eigenvalue weighted by molar-refractivity contribution is 5.30. The zero-order valence-electron chi connectivity index (χ0n) is 12.2. The monoisotopic (exact) mass is 302 g/mol. The van der Waals surface area contributed by atoms with Crippen molar-refractivity contribution in [3.05, 3.63) is 48.1 Å². The summed E-state index contributed by atoms with van der Waals surface area (Å²) in [5.41, 5.74) is -0.0489. The third-order valence-corrected chi connectivity index (χ3v) is 2.92. The van der Waals surface area contributed by atoms with Crippen LogP contribution >= 0.6 is 0 Å². The molecule has 22 heavy (non-hydrogen) atoms. The Morgan fingerprint density at radius 1 is 1.18 bits per heavy atom. The fourth-order valence-corrected chi connectivity index (χ4v) is 1.79. The Morgan fingerprint density at radius 2 is 1.95 bits per heavy atom. The highest BCUT2D eigenvalue weighted by Gasteiger charge is 2.26. The highest BCUT2D eigenvalue weighted by atomic mass is 19.1. The summed E-state index contributed by atoms with van der Waals surface area (Å²) in [4.78, 5) is 0. The van der Waals surface area contributed by atoms with Gasteiger partial charge in [0.1, 0.15) is 5.69 Å². The SMILES string of the molecule is CC(C)(F)c1nnc(NCc2cn(-c3ccccc3)nn2)o1. The number of hydrogen-bond donors (Lipinski definition) is 1. The number of nitrogens with one attached hydrogen (secondary N) is 1. The lowest BCUT2D eigenvalue weighted by Crippen LogP contribution is -2.09. The van der Waals surface area contributed by atoms with Gasteiger partial charge in [-0.3, -0.25) is 0 Å². The van der Waals surface area contributed by atoms with Gasteiger partial charge >= 0.3 is 6.01 Å². The first-order valence-corrected chi connectivity index (χ1v) is 6.76. The summed E-state index contributed by atoms with van der Waals surface area (Å²) in [5.74, 6) is -0.0667. The standard InChI is InChI=1S/C14H15FN6O/c1-14(2,15)12-18-19-13(22-12)16-8-10-9-21(20-17-10)11-6-4-3-5-7-11/h3-7,9H,8H2,1-2H3,(H,16,19). The van der Waals surface area contributed by atoms with Gasteiger partial charge in [0.05, 0.1) is 18.4 Å². The smallest absolute Gasteiger partial charge is 0.315 e. The van der Waals surface area contributed by atoms with Crippen LogP contribution in [-0.4, -0.2) is 25.2 Å². The molecule has 114 valence electrons. The van der Waals surface area contributed by atoms with Crippen molar-refractivity contribution < 1.29 is 8.81 Å². The number of halogens is 1. The van der Waals surface area contributed by atoms with E-state index in [-0.39, 0.29) is 11.9 Å². The third kappa shape index (κ3) is 3.11. The fourth-order valence-electron chi connectivity index (χ4n) is 1.79. The van der Waals surface area contributed by atoms with Crippen LogP contribution in [0, 0.1) is 0 Å². The molecular weight excluding hydrogens is 287 g/mol. The maximum atomic E-state index is 13.6. The molecule has 0 aliphatic rings. The number of para-hydroxylation sites is 1. The third-order valence-electron chi connectivity index (χ3n) is 2.92. The van der Waals surface area contributed by atoms with Gasteiger partial charge in [0, 0.05) is 0 Å². The molecule has 8 heteroatoms. The topological polar surface area (TPSA) is 81.7 Å². The number of nitrogens with zero attached hydrogens (tertiary/aromatic N) is 5. The van der Waals surface area contributed by atoms with E-state index < -0.39 is 5.67 Å². The second kappa shape index (κ2) is 5.55. The number of anilines is 1. The van der Waals surface area contributed by atoms with Crippen molar-refractivity contribution in [2.75, 3.05) is 5.32 Å². The van der Waals surface area contributed by atoms with E-state index in [1.807, 2.05) is 30.3 Å². The van der Waals surface area contributed by atoms with Crippen LogP contribution < -0.4 is 5.32 Å². The van der Waals surface area contributed by atoms with Gasteiger partial charge in [-0.25, -0.2) is 9.07 Å². The zero-order valence-corrected chi connectivity index (χ0v) is 12.2. The van der Waals surface area contributed by atoms with Gasteiger partial charge in [-0.15, -0.1) is 10.2 Å². The average molecular weight is 302 g/mol. The van der Waals surface area contributed by atoms with Gasteiger partial charge in [-0.1, -0.05) is 28.5 Å². The Balaban J connectivity index is 1.65. The van der Waals surface area contributed by atoms with E-state index in [0.717, 1.165) is 5.69 Å². The summed E-state index contributed by atoms with van der Waals surface area (Å²) in [5, 5.41) is 18.4. The molecule has 0 amide bonds. The summed E-state index contributed by atoms with van der Waals surface area (Å²) >= 11 is 0. The van der Waals surface area contributed by atoms with Crippen LogP contribution in [0.15, 0.2) is 40.9 Å². The summed E-state index contributed by atoms with van der Waals surface area (Å²) in [7, 11) is 0. The van der Waals surface area contributed by atoms with Crippen LogP contribution in [-0.2, 0) is 12.2 Å². The number of hydrogen-bond acceptors (Lipinski definition) is 6. The number of rotatable bonds is 5. The molecule has 0 fully saturated rings. The molecule has 1 N–H and O–H groups in total. The molecule has 3 rings (SSSR count). The molecule has 0 spiro atoms. The van der Waals surface area contributed by atoms with Crippen molar-refractivity contribution in [1.29, 1.82) is 0 Å². The molecule has 0 aliphatic carbocycles. The molecule has 0 bridgehead atoms. The molecule has 0 aliphatic heterocycles. The van der Waals surface area contributed by atoms with Crippen molar-refractivity contribution in [2.45, 2.75) is 26.1 Å². The Morgan fingerprint density at radius 3 is 2.64 bits per heavy atom. The van der Waals surface area contributed by atoms with Gasteiger partial charge in [0.2, 0.25) is 0 Å². The fraction of sp³-hybridized carbons (Fsp3) is 0.286. The minimum Gasteiger partial charge on any atom is -0.405 e. The van der Waals surface area contributed by atoms with E-state index in [9.17, 15) is 4.39 Å². The summed E-state index contributed by atoms with van der Waals surface area (Å²) in [6.07, 6.45) is 1.79. The second-order valence-electron chi connectivity index (χ2n) is 5.23. The van der Waals surface area contributed by atoms with Gasteiger partial charge in [0.25, 0.3) is 5.89 Å². The molecule has 0 unspecified atom stereocenters. The first kappa shape index (κ1) is 14.2. The molecule has 0 radical (unpaired) electrons. The molecule has 2 heterocycles. The Labute approximate surface area is 126 Å². The normalized spacial score (nSPS) is 11.6. The van der Waals surface area contributed by atoms with Crippen molar-refractivity contribution in [2.24, 2.45) is 0 Å². The predicted octanol–water partition coefficient (Wildman–Crippen LogP) is 2.47. The number of benzene rings is 1. The van der Waals surface area contributed by atoms with Crippen molar-refractivity contribution >= 4 is 6.01 Å². The lowest BCUT2D eigenvalue weighted by atomic mass is 10.2. The first-order valence-electron chi connectivity index (χ1n) is 6.76. The van der Waals surface area contributed by atoms with E-state index in [1.165, 1.54) is 13.8 Å². The molecular formula is C14H15FN6O. The lowest BCUT2D eigenvalue weighted by Gasteiger charge is -2.06. The van der Waals surface area contributed by atoms with E-state index in [1.54, 1.807) is 10.9 Å². The molecule has 2 aromatic heterocycles. The van der Waals surface area contributed by atoms with Crippen LogP contribution in [0.3, 0.4) is 0 Å². The molecule has 0 saturated heterocycles. The van der Waals surface area contributed by atoms with E-state index in [2.05, 4.69) is 25.8 Å².